The zero-order valence-corrected chi connectivity index (χ0v) is 11.1. The average molecular weight is 237 g/mol. The molecule has 1 atom stereocenters. The largest absolute Gasteiger partial charge is 0.118 e. The molecule has 1 aromatic rings. The van der Waals surface area contributed by atoms with Gasteiger partial charge < -0.3 is 0 Å². The highest BCUT2D eigenvalue weighted by Gasteiger charge is 2.23. The van der Waals surface area contributed by atoms with Gasteiger partial charge in [0, 0.05) is 0 Å². The summed E-state index contributed by atoms with van der Waals surface area (Å²) in [6, 6.07) is 6.67. The smallest absolute Gasteiger partial charge is 0.0613 e. The second kappa shape index (κ2) is 5.23. The number of rotatable bonds is 2. The average Bonchev–Trinajstić information content (AvgIpc) is 2.33. The van der Waals surface area contributed by atoms with Crippen LogP contribution in [-0.2, 0) is 0 Å². The Kier molecular flexibility index (Phi) is 3.91. The van der Waals surface area contributed by atoms with Crippen LogP contribution in [0, 0.1) is 19.8 Å². The van der Waals surface area contributed by atoms with Gasteiger partial charge in [-0.15, -0.1) is 11.6 Å². The molecule has 0 heterocycles. The van der Waals surface area contributed by atoms with Crippen LogP contribution in [0.5, 0.6) is 0 Å². The molecule has 0 spiro atoms. The van der Waals surface area contributed by atoms with Gasteiger partial charge in [-0.3, -0.25) is 0 Å². The third-order valence-electron chi connectivity index (χ3n) is 3.91. The maximum absolute atomic E-state index is 6.61. The molecule has 0 aromatic heterocycles. The number of aryl methyl sites for hydroxylation is 2. The lowest BCUT2D eigenvalue weighted by Gasteiger charge is -2.26. The van der Waals surface area contributed by atoms with Crippen LogP contribution in [0.2, 0.25) is 0 Å². The van der Waals surface area contributed by atoms with Crippen molar-refractivity contribution in [3.05, 3.63) is 34.9 Å². The molecule has 1 aliphatic rings. The highest BCUT2D eigenvalue weighted by molar-refractivity contribution is 6.21. The Morgan fingerprint density at radius 3 is 2.38 bits per heavy atom. The number of halogens is 1. The fourth-order valence-electron chi connectivity index (χ4n) is 2.64. The molecule has 2 rings (SSSR count). The molecule has 1 aliphatic carbocycles. The van der Waals surface area contributed by atoms with Crippen LogP contribution < -0.4 is 0 Å². The molecule has 16 heavy (non-hydrogen) atoms. The predicted octanol–water partition coefficient (Wildman–Crippen LogP) is 5.16. The molecular weight excluding hydrogens is 216 g/mol. The van der Waals surface area contributed by atoms with Crippen molar-refractivity contribution in [2.24, 2.45) is 5.92 Å². The van der Waals surface area contributed by atoms with Crippen LogP contribution in [0.3, 0.4) is 0 Å². The Balaban J connectivity index is 2.12. The fraction of sp³-hybridized carbons (Fsp3) is 0.600. The highest BCUT2D eigenvalue weighted by atomic mass is 35.5. The summed E-state index contributed by atoms with van der Waals surface area (Å²) in [6.45, 7) is 4.33. The van der Waals surface area contributed by atoms with Crippen molar-refractivity contribution in [1.29, 1.82) is 0 Å². The topological polar surface area (TPSA) is 0 Å². The summed E-state index contributed by atoms with van der Waals surface area (Å²) in [5.41, 5.74) is 4.03. The van der Waals surface area contributed by atoms with E-state index in [-0.39, 0.29) is 5.38 Å². The molecule has 0 saturated heterocycles. The van der Waals surface area contributed by atoms with E-state index in [9.17, 15) is 0 Å². The van der Waals surface area contributed by atoms with Crippen molar-refractivity contribution in [1.82, 2.24) is 0 Å². The summed E-state index contributed by atoms with van der Waals surface area (Å²) in [5.74, 6) is 0.692. The standard InChI is InChI=1S/C15H21Cl/c1-11-8-9-14(10-12(11)2)15(16)13-6-4-3-5-7-13/h8-10,13,15H,3-7H2,1-2H3. The minimum atomic E-state index is 0.222. The first-order valence-corrected chi connectivity index (χ1v) is 6.83. The SMILES string of the molecule is Cc1ccc(C(Cl)C2CCCCC2)cc1C. The van der Waals surface area contributed by atoms with E-state index >= 15 is 0 Å². The first-order valence-electron chi connectivity index (χ1n) is 6.39. The van der Waals surface area contributed by atoms with E-state index in [2.05, 4.69) is 32.0 Å². The molecule has 0 aliphatic heterocycles. The van der Waals surface area contributed by atoms with Gasteiger partial charge in [0.15, 0.2) is 0 Å². The van der Waals surface area contributed by atoms with E-state index in [0.717, 1.165) is 0 Å². The predicted molar refractivity (Wildman–Crippen MR) is 71.1 cm³/mol. The first-order chi connectivity index (χ1) is 7.68. The van der Waals surface area contributed by atoms with Crippen molar-refractivity contribution in [2.45, 2.75) is 51.3 Å². The van der Waals surface area contributed by atoms with Crippen LogP contribution in [0.25, 0.3) is 0 Å². The maximum atomic E-state index is 6.61. The van der Waals surface area contributed by atoms with Gasteiger partial charge in [-0.1, -0.05) is 37.5 Å². The Labute approximate surface area is 104 Å². The van der Waals surface area contributed by atoms with Gasteiger partial charge in [-0.2, -0.15) is 0 Å². The summed E-state index contributed by atoms with van der Waals surface area (Å²) in [7, 11) is 0. The molecule has 0 N–H and O–H groups in total. The summed E-state index contributed by atoms with van der Waals surface area (Å²) >= 11 is 6.61. The van der Waals surface area contributed by atoms with Crippen LogP contribution >= 0.6 is 11.6 Å². The number of hydrogen-bond acceptors (Lipinski definition) is 0. The summed E-state index contributed by atoms with van der Waals surface area (Å²) < 4.78 is 0. The normalized spacial score (nSPS) is 19.7. The van der Waals surface area contributed by atoms with Crippen molar-refractivity contribution in [3.63, 3.8) is 0 Å². The van der Waals surface area contributed by atoms with Crippen LogP contribution in [-0.4, -0.2) is 0 Å². The lowest BCUT2D eigenvalue weighted by Crippen LogP contribution is -2.12. The number of alkyl halides is 1. The molecule has 0 amide bonds. The van der Waals surface area contributed by atoms with E-state index < -0.39 is 0 Å². The van der Waals surface area contributed by atoms with Crippen molar-refractivity contribution >= 4 is 11.6 Å². The third kappa shape index (κ3) is 2.60. The molecule has 1 saturated carbocycles. The highest BCUT2D eigenvalue weighted by Crippen LogP contribution is 2.38. The Bertz CT molecular complexity index is 350. The third-order valence-corrected chi connectivity index (χ3v) is 4.52. The Morgan fingerprint density at radius 2 is 1.75 bits per heavy atom. The van der Waals surface area contributed by atoms with E-state index in [1.165, 1.54) is 48.8 Å². The van der Waals surface area contributed by atoms with E-state index in [1.54, 1.807) is 0 Å². The minimum absolute atomic E-state index is 0.222. The first kappa shape index (κ1) is 12.0. The van der Waals surface area contributed by atoms with Crippen LogP contribution in [0.1, 0.15) is 54.2 Å². The molecule has 1 heteroatoms. The van der Waals surface area contributed by atoms with E-state index in [4.69, 9.17) is 11.6 Å². The lowest BCUT2D eigenvalue weighted by atomic mass is 9.84. The van der Waals surface area contributed by atoms with Gasteiger partial charge in [0.25, 0.3) is 0 Å². The Hall–Kier alpha value is -0.490. The van der Waals surface area contributed by atoms with Gasteiger partial charge in [0.2, 0.25) is 0 Å². The molecule has 0 radical (unpaired) electrons. The van der Waals surface area contributed by atoms with Crippen molar-refractivity contribution in [2.75, 3.05) is 0 Å². The Morgan fingerprint density at radius 1 is 1.06 bits per heavy atom. The molecule has 88 valence electrons. The zero-order valence-electron chi connectivity index (χ0n) is 10.3. The quantitative estimate of drug-likeness (QED) is 0.622. The van der Waals surface area contributed by atoms with E-state index in [0.29, 0.717) is 5.92 Å². The van der Waals surface area contributed by atoms with E-state index in [1.807, 2.05) is 0 Å². The van der Waals surface area contributed by atoms with Crippen molar-refractivity contribution in [3.8, 4) is 0 Å². The second-order valence-corrected chi connectivity index (χ2v) is 5.61. The second-order valence-electron chi connectivity index (χ2n) is 5.14. The lowest BCUT2D eigenvalue weighted by molar-refractivity contribution is 0.348. The molecular formula is C15H21Cl. The molecule has 0 nitrogen and oxygen atoms in total. The number of hydrogen-bond donors (Lipinski definition) is 0. The minimum Gasteiger partial charge on any atom is -0.118 e. The van der Waals surface area contributed by atoms with Crippen molar-refractivity contribution < 1.29 is 0 Å². The summed E-state index contributed by atoms with van der Waals surface area (Å²) in [4.78, 5) is 0. The van der Waals surface area contributed by atoms with Gasteiger partial charge in [0.1, 0.15) is 0 Å². The van der Waals surface area contributed by atoms with Crippen LogP contribution in [0.15, 0.2) is 18.2 Å². The zero-order chi connectivity index (χ0) is 11.5. The van der Waals surface area contributed by atoms with Gasteiger partial charge in [-0.05, 0) is 49.3 Å². The maximum Gasteiger partial charge on any atom is 0.0613 e. The molecule has 1 aromatic carbocycles. The molecule has 1 unspecified atom stereocenters. The molecule has 0 bridgehead atoms. The van der Waals surface area contributed by atoms with Gasteiger partial charge in [-0.25, -0.2) is 0 Å². The summed E-state index contributed by atoms with van der Waals surface area (Å²) in [6.07, 6.45) is 6.73. The number of benzene rings is 1. The fourth-order valence-corrected chi connectivity index (χ4v) is 3.02. The van der Waals surface area contributed by atoms with Crippen LogP contribution in [0.4, 0.5) is 0 Å². The monoisotopic (exact) mass is 236 g/mol. The molecule has 1 fully saturated rings. The summed E-state index contributed by atoms with van der Waals surface area (Å²) in [5, 5.41) is 0.222. The van der Waals surface area contributed by atoms with Gasteiger partial charge in [0.05, 0.1) is 5.38 Å². The van der Waals surface area contributed by atoms with Gasteiger partial charge >= 0.3 is 0 Å².